The maximum atomic E-state index is 14.3. The zero-order valence-electron chi connectivity index (χ0n) is 15.6. The molecule has 0 saturated heterocycles. The molecule has 2 rings (SSSR count). The number of fused-ring (bicyclic) bond motifs is 1. The molecule has 0 saturated carbocycles. The number of carbonyl (C=O) groups excluding carboxylic acids is 1. The number of halogens is 3. The summed E-state index contributed by atoms with van der Waals surface area (Å²) in [5, 5.41) is 0.0512. The van der Waals surface area contributed by atoms with Crippen molar-refractivity contribution in [1.29, 1.82) is 0 Å². The van der Waals surface area contributed by atoms with E-state index >= 15 is 0 Å². The van der Waals surface area contributed by atoms with Crippen molar-refractivity contribution in [2.24, 2.45) is 5.73 Å². The predicted molar refractivity (Wildman–Crippen MR) is 112 cm³/mol. The van der Waals surface area contributed by atoms with Gasteiger partial charge < -0.3 is 20.3 Å². The second-order valence-corrected chi connectivity index (χ2v) is 12.1. The van der Waals surface area contributed by atoms with Gasteiger partial charge >= 0.3 is 13.3 Å². The van der Waals surface area contributed by atoms with Gasteiger partial charge in [-0.1, -0.05) is 0 Å². The zero-order chi connectivity index (χ0) is 23.1. The lowest BCUT2D eigenvalue weighted by Crippen LogP contribution is -2.25. The summed E-state index contributed by atoms with van der Waals surface area (Å²) in [5.41, 5.74) is 0.714. The van der Waals surface area contributed by atoms with E-state index < -0.39 is 34.1 Å². The Morgan fingerprint density at radius 2 is 1.97 bits per heavy atom. The van der Waals surface area contributed by atoms with E-state index in [9.17, 15) is 26.6 Å². The molecular weight excluding hydrogens is 533 g/mol. The van der Waals surface area contributed by atoms with Gasteiger partial charge in [0.2, 0.25) is 15.9 Å². The third-order valence-electron chi connectivity index (χ3n) is 3.98. The Balaban J connectivity index is 2.47. The standard InChI is InChI=1S/C15H18BrF2N2O7PS2/c1-20(2)30(25,26)5-3-4-27-10-7-8(14(19)21)6-9-11(16)13(29-12(9)10)15(17,18)28(22,23)24/h6-7H,3-5H2,1-2H3,(H2,19,21)(H2,22,23,24). The second kappa shape index (κ2) is 8.77. The number of amides is 1. The van der Waals surface area contributed by atoms with Crippen molar-refractivity contribution >= 4 is 60.9 Å². The number of ether oxygens (including phenoxy) is 1. The van der Waals surface area contributed by atoms with E-state index in [-0.39, 0.29) is 44.7 Å². The van der Waals surface area contributed by atoms with Crippen LogP contribution in [-0.2, 0) is 20.3 Å². The molecule has 4 N–H and O–H groups in total. The number of benzene rings is 1. The minimum Gasteiger partial charge on any atom is -0.492 e. The van der Waals surface area contributed by atoms with Gasteiger partial charge in [-0.15, -0.1) is 11.3 Å². The van der Waals surface area contributed by atoms with Crippen LogP contribution in [0.25, 0.3) is 10.1 Å². The van der Waals surface area contributed by atoms with Crippen molar-refractivity contribution in [1.82, 2.24) is 4.31 Å². The summed E-state index contributed by atoms with van der Waals surface area (Å²) in [6.45, 7) is -0.121. The van der Waals surface area contributed by atoms with Crippen molar-refractivity contribution in [2.75, 3.05) is 26.5 Å². The van der Waals surface area contributed by atoms with Gasteiger partial charge in [0.15, 0.2) is 0 Å². The van der Waals surface area contributed by atoms with E-state index in [1.54, 1.807) is 0 Å². The van der Waals surface area contributed by atoms with Crippen LogP contribution in [0.4, 0.5) is 8.78 Å². The zero-order valence-corrected chi connectivity index (χ0v) is 19.7. The Kier molecular flexibility index (Phi) is 7.34. The van der Waals surface area contributed by atoms with Crippen LogP contribution in [0.5, 0.6) is 5.75 Å². The van der Waals surface area contributed by atoms with Crippen LogP contribution in [0.1, 0.15) is 21.7 Å². The summed E-state index contributed by atoms with van der Waals surface area (Å²) in [6.07, 6.45) is 0.0703. The fourth-order valence-corrected chi connectivity index (χ4v) is 6.14. The maximum absolute atomic E-state index is 14.3. The average Bonchev–Trinajstić information content (AvgIpc) is 2.95. The fourth-order valence-electron chi connectivity index (χ4n) is 2.32. The van der Waals surface area contributed by atoms with Crippen LogP contribution >= 0.6 is 34.9 Å². The van der Waals surface area contributed by atoms with Crippen LogP contribution in [-0.4, -0.2) is 54.9 Å². The highest BCUT2D eigenvalue weighted by Gasteiger charge is 2.53. The molecule has 168 valence electrons. The number of nitrogens with zero attached hydrogens (tertiary/aromatic N) is 1. The molecule has 0 fully saturated rings. The molecule has 15 heteroatoms. The first kappa shape index (κ1) is 25.1. The van der Waals surface area contributed by atoms with Gasteiger partial charge in [-0.3, -0.25) is 9.36 Å². The van der Waals surface area contributed by atoms with Crippen LogP contribution in [0.2, 0.25) is 0 Å². The number of primary amides is 1. The van der Waals surface area contributed by atoms with Gasteiger partial charge in [0.05, 0.1) is 17.1 Å². The van der Waals surface area contributed by atoms with E-state index in [4.69, 9.17) is 20.3 Å². The molecule has 0 aliphatic heterocycles. The molecule has 9 nitrogen and oxygen atoms in total. The van der Waals surface area contributed by atoms with Gasteiger partial charge in [-0.05, 0) is 34.5 Å². The predicted octanol–water partition coefficient (Wildman–Crippen LogP) is 2.65. The molecule has 1 aromatic carbocycles. The average molecular weight is 551 g/mol. The largest absolute Gasteiger partial charge is 0.492 e. The van der Waals surface area contributed by atoms with Gasteiger partial charge in [0.25, 0.3) is 0 Å². The van der Waals surface area contributed by atoms with Crippen molar-refractivity contribution < 1.29 is 41.1 Å². The number of carbonyl (C=O) groups is 1. The van der Waals surface area contributed by atoms with Crippen molar-refractivity contribution in [3.63, 3.8) is 0 Å². The Bertz CT molecular complexity index is 1130. The van der Waals surface area contributed by atoms with Crippen LogP contribution < -0.4 is 10.5 Å². The monoisotopic (exact) mass is 550 g/mol. The van der Waals surface area contributed by atoms with E-state index in [2.05, 4.69) is 15.9 Å². The molecule has 0 radical (unpaired) electrons. The van der Waals surface area contributed by atoms with E-state index in [0.717, 1.165) is 4.31 Å². The Labute approximate surface area is 183 Å². The normalized spacial score (nSPS) is 13.2. The highest BCUT2D eigenvalue weighted by atomic mass is 79.9. The molecule has 0 aliphatic carbocycles. The number of nitrogens with two attached hydrogens (primary N) is 1. The first-order chi connectivity index (χ1) is 13.6. The third-order valence-corrected chi connectivity index (χ3v) is 9.38. The van der Waals surface area contributed by atoms with E-state index in [1.165, 1.54) is 26.2 Å². The van der Waals surface area contributed by atoms with E-state index in [1.807, 2.05) is 0 Å². The number of rotatable bonds is 9. The molecule has 0 bridgehead atoms. The van der Waals surface area contributed by atoms with Crippen molar-refractivity contribution in [2.45, 2.75) is 12.1 Å². The van der Waals surface area contributed by atoms with Crippen LogP contribution in [0.3, 0.4) is 0 Å². The number of alkyl halides is 2. The fraction of sp³-hybridized carbons (Fsp3) is 0.400. The number of thiophene rings is 1. The SMILES string of the molecule is CN(C)S(=O)(=O)CCCOc1cc(C(N)=O)cc2c(Br)c(C(F)(F)P(=O)(O)O)sc12. The molecule has 0 spiro atoms. The second-order valence-electron chi connectivity index (χ2n) is 6.35. The van der Waals surface area contributed by atoms with Crippen molar-refractivity contribution in [3.05, 3.63) is 27.0 Å². The Morgan fingerprint density at radius 1 is 1.37 bits per heavy atom. The van der Waals surface area contributed by atoms with Crippen molar-refractivity contribution in [3.8, 4) is 5.75 Å². The van der Waals surface area contributed by atoms with E-state index in [0.29, 0.717) is 11.3 Å². The van der Waals surface area contributed by atoms with Gasteiger partial charge in [0.1, 0.15) is 10.6 Å². The van der Waals surface area contributed by atoms with Gasteiger partial charge in [-0.2, -0.15) is 8.78 Å². The quantitative estimate of drug-likeness (QED) is 0.321. The molecule has 0 atom stereocenters. The molecule has 0 aliphatic rings. The highest BCUT2D eigenvalue weighted by molar-refractivity contribution is 9.10. The highest BCUT2D eigenvalue weighted by Crippen LogP contribution is 2.63. The molecule has 1 heterocycles. The summed E-state index contributed by atoms with van der Waals surface area (Å²) in [6, 6.07) is 2.40. The Morgan fingerprint density at radius 3 is 2.47 bits per heavy atom. The third kappa shape index (κ3) is 5.01. The maximum Gasteiger partial charge on any atom is 0.400 e. The molecule has 2 aromatic rings. The summed E-state index contributed by atoms with van der Waals surface area (Å²) in [4.78, 5) is 28.7. The molecule has 1 aromatic heterocycles. The first-order valence-electron chi connectivity index (χ1n) is 8.12. The smallest absolute Gasteiger partial charge is 0.400 e. The molecule has 1 amide bonds. The summed E-state index contributed by atoms with van der Waals surface area (Å²) in [5.74, 6) is -1.14. The lowest BCUT2D eigenvalue weighted by atomic mass is 10.1. The first-order valence-corrected chi connectivity index (χ1v) is 13.0. The van der Waals surface area contributed by atoms with Gasteiger partial charge in [0, 0.05) is 29.5 Å². The summed E-state index contributed by atoms with van der Waals surface area (Å²) < 4.78 is 69.8. The topological polar surface area (TPSA) is 147 Å². The number of hydrogen-bond acceptors (Lipinski definition) is 6. The lowest BCUT2D eigenvalue weighted by molar-refractivity contribution is 0.0595. The van der Waals surface area contributed by atoms with Crippen LogP contribution in [0, 0.1) is 0 Å². The summed E-state index contributed by atoms with van der Waals surface area (Å²) in [7, 11) is -6.54. The Hall–Kier alpha value is -1.15. The number of hydrogen-bond donors (Lipinski definition) is 3. The minimum atomic E-state index is -5.83. The van der Waals surface area contributed by atoms with Crippen LogP contribution in [0.15, 0.2) is 16.6 Å². The molecule has 30 heavy (non-hydrogen) atoms. The number of sulfonamides is 1. The summed E-state index contributed by atoms with van der Waals surface area (Å²) >= 11 is 3.30. The molecule has 0 unspecified atom stereocenters. The molecular formula is C15H18BrF2N2O7PS2. The minimum absolute atomic E-state index is 0.0398. The lowest BCUT2D eigenvalue weighted by Gasteiger charge is -2.16. The van der Waals surface area contributed by atoms with Gasteiger partial charge in [-0.25, -0.2) is 12.7 Å².